The molecule has 1 fully saturated rings. The molecule has 5 rings (SSSR count). The number of anilines is 1. The fourth-order valence-electron chi connectivity index (χ4n) is 4.07. The van der Waals surface area contributed by atoms with Gasteiger partial charge in [-0.25, -0.2) is 15.0 Å². The predicted octanol–water partition coefficient (Wildman–Crippen LogP) is 2.56. The number of methoxy groups -OCH3 is 1. The molecule has 1 amide bonds. The van der Waals surface area contributed by atoms with Crippen LogP contribution >= 0.6 is 0 Å². The number of carbonyl (C=O) groups excluding carboxylic acids is 1. The van der Waals surface area contributed by atoms with E-state index in [9.17, 15) is 4.79 Å². The van der Waals surface area contributed by atoms with E-state index in [2.05, 4.69) is 32.0 Å². The minimum absolute atomic E-state index is 0.0273. The minimum Gasteiger partial charge on any atom is -0.480 e. The minimum atomic E-state index is 0.0273. The van der Waals surface area contributed by atoms with Gasteiger partial charge in [0.1, 0.15) is 17.7 Å². The van der Waals surface area contributed by atoms with Gasteiger partial charge in [0.05, 0.1) is 23.7 Å². The molecule has 8 heteroatoms. The normalized spacial score (nSPS) is 14.5. The summed E-state index contributed by atoms with van der Waals surface area (Å²) in [7, 11) is 1.61. The maximum Gasteiger partial charge on any atom is 0.272 e. The zero-order valence-corrected chi connectivity index (χ0v) is 16.9. The average Bonchev–Trinajstić information content (AvgIpc) is 3.13. The van der Waals surface area contributed by atoms with Gasteiger partial charge in [0.15, 0.2) is 0 Å². The quantitative estimate of drug-likeness (QED) is 0.524. The first-order chi connectivity index (χ1) is 14.7. The van der Waals surface area contributed by atoms with Crippen molar-refractivity contribution in [1.82, 2.24) is 24.3 Å². The molecule has 0 atom stereocenters. The number of carbonyl (C=O) groups is 1. The Bertz CT molecular complexity index is 1240. The van der Waals surface area contributed by atoms with Crippen LogP contribution in [-0.2, 0) is 0 Å². The van der Waals surface area contributed by atoms with Crippen molar-refractivity contribution in [3.8, 4) is 5.88 Å². The van der Waals surface area contributed by atoms with E-state index in [-0.39, 0.29) is 5.91 Å². The number of fused-ring (bicyclic) bond motifs is 2. The third-order valence-corrected chi connectivity index (χ3v) is 5.61. The van der Waals surface area contributed by atoms with Crippen molar-refractivity contribution in [1.29, 1.82) is 0 Å². The maximum absolute atomic E-state index is 13.2. The first kappa shape index (κ1) is 18.4. The summed E-state index contributed by atoms with van der Waals surface area (Å²) in [5, 5.41) is 0.886. The van der Waals surface area contributed by atoms with Gasteiger partial charge in [0, 0.05) is 38.1 Å². The monoisotopic (exact) mass is 402 g/mol. The van der Waals surface area contributed by atoms with Crippen molar-refractivity contribution < 1.29 is 9.53 Å². The van der Waals surface area contributed by atoms with Crippen molar-refractivity contribution in [2.75, 3.05) is 38.2 Å². The van der Waals surface area contributed by atoms with Gasteiger partial charge in [-0.1, -0.05) is 6.07 Å². The second-order valence-corrected chi connectivity index (χ2v) is 7.34. The van der Waals surface area contributed by atoms with E-state index in [1.165, 1.54) is 6.33 Å². The Balaban J connectivity index is 1.36. The molecule has 1 aromatic carbocycles. The highest BCUT2D eigenvalue weighted by atomic mass is 16.5. The molecule has 1 aliphatic heterocycles. The molecule has 0 bridgehead atoms. The molecular weight excluding hydrogens is 380 g/mol. The number of nitrogens with zero attached hydrogens (tertiary/aromatic N) is 6. The number of imidazole rings is 1. The number of aromatic nitrogens is 4. The lowest BCUT2D eigenvalue weighted by atomic mass is 10.1. The zero-order chi connectivity index (χ0) is 20.7. The zero-order valence-electron chi connectivity index (χ0n) is 16.9. The highest BCUT2D eigenvalue weighted by molar-refractivity contribution is 5.95. The molecule has 0 saturated carbocycles. The molecule has 4 aromatic rings. The van der Waals surface area contributed by atoms with Crippen LogP contribution in [0.4, 0.5) is 5.69 Å². The summed E-state index contributed by atoms with van der Waals surface area (Å²) in [4.78, 5) is 30.4. The van der Waals surface area contributed by atoms with Crippen LogP contribution in [-0.4, -0.2) is 63.4 Å². The van der Waals surface area contributed by atoms with Gasteiger partial charge in [-0.15, -0.1) is 0 Å². The summed E-state index contributed by atoms with van der Waals surface area (Å²) in [6, 6.07) is 11.9. The van der Waals surface area contributed by atoms with Gasteiger partial charge in [-0.05, 0) is 37.3 Å². The van der Waals surface area contributed by atoms with Crippen LogP contribution in [0.15, 0.2) is 48.9 Å². The largest absolute Gasteiger partial charge is 0.480 e. The third-order valence-electron chi connectivity index (χ3n) is 5.61. The number of ether oxygens (including phenoxy) is 1. The van der Waals surface area contributed by atoms with Gasteiger partial charge in [0.2, 0.25) is 5.88 Å². The Labute approximate surface area is 173 Å². The first-order valence-corrected chi connectivity index (χ1v) is 9.92. The summed E-state index contributed by atoms with van der Waals surface area (Å²) in [5.41, 5.74) is 4.13. The molecule has 4 heterocycles. The summed E-state index contributed by atoms with van der Waals surface area (Å²) < 4.78 is 7.25. The van der Waals surface area contributed by atoms with Gasteiger partial charge < -0.3 is 14.5 Å². The molecule has 0 unspecified atom stereocenters. The number of piperazine rings is 1. The second kappa shape index (κ2) is 7.29. The summed E-state index contributed by atoms with van der Waals surface area (Å²) in [6.07, 6.45) is 3.40. The molecular formula is C22H22N6O2. The van der Waals surface area contributed by atoms with Crippen LogP contribution in [0, 0.1) is 6.92 Å². The lowest BCUT2D eigenvalue weighted by molar-refractivity contribution is 0.0739. The Kier molecular flexibility index (Phi) is 4.46. The van der Waals surface area contributed by atoms with E-state index >= 15 is 0 Å². The second-order valence-electron chi connectivity index (χ2n) is 7.34. The molecule has 0 aliphatic carbocycles. The number of hydrogen-bond acceptors (Lipinski definition) is 6. The van der Waals surface area contributed by atoms with Crippen molar-refractivity contribution in [3.05, 3.63) is 60.3 Å². The van der Waals surface area contributed by atoms with Crippen LogP contribution in [0.5, 0.6) is 5.88 Å². The van der Waals surface area contributed by atoms with E-state index in [0.717, 1.165) is 41.0 Å². The molecule has 1 saturated heterocycles. The molecule has 0 radical (unpaired) electrons. The summed E-state index contributed by atoms with van der Waals surface area (Å²) >= 11 is 0. The van der Waals surface area contributed by atoms with E-state index < -0.39 is 0 Å². The lowest BCUT2D eigenvalue weighted by Gasteiger charge is -2.36. The van der Waals surface area contributed by atoms with Gasteiger partial charge in [0.25, 0.3) is 5.91 Å². The molecule has 152 valence electrons. The van der Waals surface area contributed by atoms with Gasteiger partial charge >= 0.3 is 0 Å². The van der Waals surface area contributed by atoms with Crippen molar-refractivity contribution in [2.45, 2.75) is 6.92 Å². The van der Waals surface area contributed by atoms with Crippen LogP contribution in [0.1, 0.15) is 16.2 Å². The van der Waals surface area contributed by atoms with E-state index in [4.69, 9.17) is 4.74 Å². The Morgan fingerprint density at radius 1 is 1.07 bits per heavy atom. The van der Waals surface area contributed by atoms with E-state index in [0.29, 0.717) is 24.7 Å². The number of benzene rings is 1. The molecule has 3 aromatic heterocycles. The van der Waals surface area contributed by atoms with E-state index in [1.54, 1.807) is 7.11 Å². The van der Waals surface area contributed by atoms with Crippen LogP contribution in [0.3, 0.4) is 0 Å². The van der Waals surface area contributed by atoms with Crippen LogP contribution < -0.4 is 9.64 Å². The van der Waals surface area contributed by atoms with Crippen LogP contribution in [0.2, 0.25) is 0 Å². The van der Waals surface area contributed by atoms with Gasteiger partial charge in [-0.3, -0.25) is 9.20 Å². The Hall–Kier alpha value is -3.68. The highest BCUT2D eigenvalue weighted by Crippen LogP contribution is 2.27. The molecule has 1 aliphatic rings. The summed E-state index contributed by atoms with van der Waals surface area (Å²) in [6.45, 7) is 4.70. The topological polar surface area (TPSA) is 75.9 Å². The number of aryl methyl sites for hydroxylation is 1. The Morgan fingerprint density at radius 3 is 2.70 bits per heavy atom. The molecule has 8 nitrogen and oxygen atoms in total. The summed E-state index contributed by atoms with van der Waals surface area (Å²) in [5.74, 6) is 0.596. The van der Waals surface area contributed by atoms with Crippen molar-refractivity contribution in [3.63, 3.8) is 0 Å². The standard InChI is InChI=1S/C22H22N6O2/c1-15-20(28-8-4-3-5-19(28)25-15)22(29)27-11-9-26(10-12-27)16-6-7-18-17(13-16)21(30-2)24-14-23-18/h3-8,13-14H,9-12H2,1-2H3. The fourth-order valence-corrected chi connectivity index (χ4v) is 4.07. The fraction of sp³-hybridized carbons (Fsp3) is 0.273. The number of amides is 1. The smallest absolute Gasteiger partial charge is 0.272 e. The number of pyridine rings is 1. The first-order valence-electron chi connectivity index (χ1n) is 9.92. The van der Waals surface area contributed by atoms with Crippen LogP contribution in [0.25, 0.3) is 16.6 Å². The molecule has 0 N–H and O–H groups in total. The third kappa shape index (κ3) is 3.01. The van der Waals surface area contributed by atoms with Gasteiger partial charge in [-0.2, -0.15) is 0 Å². The van der Waals surface area contributed by atoms with Crippen molar-refractivity contribution in [2.24, 2.45) is 0 Å². The lowest BCUT2D eigenvalue weighted by Crippen LogP contribution is -2.49. The van der Waals surface area contributed by atoms with Crippen molar-refractivity contribution >= 4 is 28.1 Å². The number of hydrogen-bond donors (Lipinski definition) is 0. The van der Waals surface area contributed by atoms with E-state index in [1.807, 2.05) is 46.7 Å². The molecule has 0 spiro atoms. The highest BCUT2D eigenvalue weighted by Gasteiger charge is 2.26. The average molecular weight is 402 g/mol. The predicted molar refractivity (Wildman–Crippen MR) is 114 cm³/mol. The SMILES string of the molecule is COc1ncnc2ccc(N3CCN(C(=O)c4c(C)nc5ccccn45)CC3)cc12. The maximum atomic E-state index is 13.2. The molecule has 30 heavy (non-hydrogen) atoms. The number of rotatable bonds is 3. The Morgan fingerprint density at radius 2 is 1.90 bits per heavy atom.